The van der Waals surface area contributed by atoms with Crippen molar-refractivity contribution in [3.05, 3.63) is 35.9 Å². The molecule has 1 aliphatic rings. The van der Waals surface area contributed by atoms with Crippen LogP contribution >= 0.6 is 0 Å². The molecule has 1 N–H and O–H groups in total. The quantitative estimate of drug-likeness (QED) is 0.843. The lowest BCUT2D eigenvalue weighted by Crippen LogP contribution is -2.49. The second-order valence-electron chi connectivity index (χ2n) is 5.68. The number of carbonyl (C=O) groups is 2. The molecule has 0 bridgehead atoms. The van der Waals surface area contributed by atoms with Gasteiger partial charge in [0.2, 0.25) is 5.91 Å². The predicted molar refractivity (Wildman–Crippen MR) is 85.8 cm³/mol. The molecule has 0 aromatic heterocycles. The average Bonchev–Trinajstić information content (AvgIpc) is 2.59. The molecular formula is C17H19F3N2O3. The lowest BCUT2D eigenvalue weighted by atomic mass is 10.0. The van der Waals surface area contributed by atoms with E-state index in [9.17, 15) is 22.8 Å². The lowest BCUT2D eigenvalue weighted by molar-refractivity contribution is -0.174. The Hall–Kier alpha value is -2.51. The van der Waals surface area contributed by atoms with E-state index >= 15 is 0 Å². The number of nitrogens with one attached hydrogen (secondary N) is 1. The van der Waals surface area contributed by atoms with Crippen molar-refractivity contribution in [1.82, 2.24) is 10.2 Å². The number of carbonyl (C=O) groups excluding carboxylic acids is 2. The monoisotopic (exact) mass is 356 g/mol. The number of alkyl halides is 3. The molecule has 1 aromatic carbocycles. The summed E-state index contributed by atoms with van der Waals surface area (Å²) in [6, 6.07) is 6.63. The van der Waals surface area contributed by atoms with Crippen LogP contribution in [0.5, 0.6) is 5.75 Å². The van der Waals surface area contributed by atoms with Gasteiger partial charge in [0, 0.05) is 25.2 Å². The van der Waals surface area contributed by atoms with E-state index in [0.717, 1.165) is 5.56 Å². The maximum absolute atomic E-state index is 12.2. The first-order chi connectivity index (χ1) is 11.8. The highest BCUT2D eigenvalue weighted by Gasteiger charge is 2.40. The van der Waals surface area contributed by atoms with Crippen molar-refractivity contribution in [2.45, 2.75) is 25.1 Å². The molecule has 0 atom stereocenters. The smallest absolute Gasteiger partial charge is 0.471 e. The molecule has 1 fully saturated rings. The summed E-state index contributed by atoms with van der Waals surface area (Å²) >= 11 is 0. The van der Waals surface area contributed by atoms with Gasteiger partial charge in [-0.15, -0.1) is 0 Å². The highest BCUT2D eigenvalue weighted by atomic mass is 19.4. The third-order valence-corrected chi connectivity index (χ3v) is 3.91. The maximum Gasteiger partial charge on any atom is 0.471 e. The number of halogens is 3. The van der Waals surface area contributed by atoms with Gasteiger partial charge in [-0.25, -0.2) is 0 Å². The molecule has 0 spiro atoms. The number of hydrogen-bond donors (Lipinski definition) is 1. The van der Waals surface area contributed by atoms with Crippen molar-refractivity contribution in [2.75, 3.05) is 20.2 Å². The number of likely N-dealkylation sites (tertiary alicyclic amines) is 1. The Morgan fingerprint density at radius 2 is 1.96 bits per heavy atom. The van der Waals surface area contributed by atoms with E-state index in [4.69, 9.17) is 4.74 Å². The topological polar surface area (TPSA) is 58.6 Å². The predicted octanol–water partition coefficient (Wildman–Crippen LogP) is 2.38. The number of rotatable bonds is 4. The van der Waals surface area contributed by atoms with E-state index in [-0.39, 0.29) is 5.91 Å². The first-order valence-electron chi connectivity index (χ1n) is 7.78. The zero-order valence-corrected chi connectivity index (χ0v) is 13.7. The largest absolute Gasteiger partial charge is 0.497 e. The van der Waals surface area contributed by atoms with E-state index in [1.54, 1.807) is 36.3 Å². The molecule has 0 unspecified atom stereocenters. The molecule has 1 saturated heterocycles. The summed E-state index contributed by atoms with van der Waals surface area (Å²) in [5, 5.41) is 1.95. The standard InChI is InChI=1S/C17H19F3N2O3/c1-25-14-4-2-3-12(11-14)5-6-15(23)22-9-7-13(8-10-22)21-16(24)17(18,19)20/h2-6,11,13H,7-10H2,1H3,(H,21,24)/b6-5+. The summed E-state index contributed by atoms with van der Waals surface area (Å²) < 4.78 is 41.8. The summed E-state index contributed by atoms with van der Waals surface area (Å²) in [4.78, 5) is 24.6. The van der Waals surface area contributed by atoms with Crippen molar-refractivity contribution in [2.24, 2.45) is 0 Å². The SMILES string of the molecule is COc1cccc(/C=C/C(=O)N2CCC(NC(=O)C(F)(F)F)CC2)c1. The average molecular weight is 356 g/mol. The fourth-order valence-corrected chi connectivity index (χ4v) is 2.53. The maximum atomic E-state index is 12.2. The van der Waals surface area contributed by atoms with Crippen LogP contribution in [-0.4, -0.2) is 49.1 Å². The van der Waals surface area contributed by atoms with Gasteiger partial charge in [-0.05, 0) is 36.6 Å². The van der Waals surface area contributed by atoms with Gasteiger partial charge in [-0.2, -0.15) is 13.2 Å². The Balaban J connectivity index is 1.84. The molecule has 0 aliphatic carbocycles. The number of hydrogen-bond acceptors (Lipinski definition) is 3. The Bertz CT molecular complexity index is 651. The van der Waals surface area contributed by atoms with Crippen LogP contribution < -0.4 is 10.1 Å². The van der Waals surface area contributed by atoms with Crippen molar-refractivity contribution in [3.63, 3.8) is 0 Å². The third-order valence-electron chi connectivity index (χ3n) is 3.91. The molecule has 25 heavy (non-hydrogen) atoms. The minimum absolute atomic E-state index is 0.219. The summed E-state index contributed by atoms with van der Waals surface area (Å²) in [5.41, 5.74) is 0.806. The molecule has 1 aromatic rings. The third kappa shape index (κ3) is 5.51. The zero-order chi connectivity index (χ0) is 18.4. The fraction of sp³-hybridized carbons (Fsp3) is 0.412. The summed E-state index contributed by atoms with van der Waals surface area (Å²) in [6.07, 6.45) is -1.22. The number of benzene rings is 1. The Morgan fingerprint density at radius 3 is 2.56 bits per heavy atom. The minimum Gasteiger partial charge on any atom is -0.497 e. The van der Waals surface area contributed by atoms with Crippen LogP contribution in [0.4, 0.5) is 13.2 Å². The second kappa shape index (κ2) is 8.04. The lowest BCUT2D eigenvalue weighted by Gasteiger charge is -2.31. The van der Waals surface area contributed by atoms with Gasteiger partial charge in [0.05, 0.1) is 7.11 Å². The van der Waals surface area contributed by atoms with Gasteiger partial charge in [0.15, 0.2) is 0 Å². The molecule has 2 rings (SSSR count). The van der Waals surface area contributed by atoms with Crippen LogP contribution in [0.15, 0.2) is 30.3 Å². The second-order valence-corrected chi connectivity index (χ2v) is 5.68. The van der Waals surface area contributed by atoms with Crippen molar-refractivity contribution < 1.29 is 27.5 Å². The molecule has 1 heterocycles. The number of nitrogens with zero attached hydrogens (tertiary/aromatic N) is 1. The number of piperidine rings is 1. The highest BCUT2D eigenvalue weighted by Crippen LogP contribution is 2.18. The first-order valence-corrected chi connectivity index (χ1v) is 7.78. The normalized spacial score (nSPS) is 16.1. The van der Waals surface area contributed by atoms with Gasteiger partial charge < -0.3 is 15.0 Å². The van der Waals surface area contributed by atoms with Gasteiger partial charge in [0.1, 0.15) is 5.75 Å². The van der Waals surface area contributed by atoms with E-state index in [0.29, 0.717) is 31.7 Å². The van der Waals surface area contributed by atoms with Crippen molar-refractivity contribution in [3.8, 4) is 5.75 Å². The van der Waals surface area contributed by atoms with Gasteiger partial charge in [0.25, 0.3) is 0 Å². The van der Waals surface area contributed by atoms with E-state index in [2.05, 4.69) is 0 Å². The van der Waals surface area contributed by atoms with Crippen LogP contribution in [0.25, 0.3) is 6.08 Å². The molecular weight excluding hydrogens is 337 g/mol. The van der Waals surface area contributed by atoms with Crippen LogP contribution in [0.1, 0.15) is 18.4 Å². The van der Waals surface area contributed by atoms with Crippen LogP contribution in [0, 0.1) is 0 Å². The molecule has 5 nitrogen and oxygen atoms in total. The Morgan fingerprint density at radius 1 is 1.28 bits per heavy atom. The number of methoxy groups -OCH3 is 1. The van der Waals surface area contributed by atoms with Crippen LogP contribution in [0.2, 0.25) is 0 Å². The summed E-state index contributed by atoms with van der Waals surface area (Å²) in [6.45, 7) is 0.591. The molecule has 8 heteroatoms. The van der Waals surface area contributed by atoms with Gasteiger partial charge >= 0.3 is 12.1 Å². The Kier molecular flexibility index (Phi) is 6.06. The highest BCUT2D eigenvalue weighted by molar-refractivity contribution is 5.92. The van der Waals surface area contributed by atoms with Gasteiger partial charge in [-0.3, -0.25) is 9.59 Å². The molecule has 0 saturated carbocycles. The molecule has 0 radical (unpaired) electrons. The van der Waals surface area contributed by atoms with Crippen molar-refractivity contribution in [1.29, 1.82) is 0 Å². The molecule has 136 valence electrons. The zero-order valence-electron chi connectivity index (χ0n) is 13.7. The van der Waals surface area contributed by atoms with E-state index < -0.39 is 18.1 Å². The Labute approximate surface area is 143 Å². The van der Waals surface area contributed by atoms with Crippen molar-refractivity contribution >= 4 is 17.9 Å². The molecule has 1 aliphatic heterocycles. The minimum atomic E-state index is -4.88. The number of ether oxygens (including phenoxy) is 1. The first kappa shape index (κ1) is 18.8. The number of amides is 2. The van der Waals surface area contributed by atoms with E-state index in [1.807, 2.05) is 11.4 Å². The van der Waals surface area contributed by atoms with Gasteiger partial charge in [-0.1, -0.05) is 12.1 Å². The summed E-state index contributed by atoms with van der Waals surface area (Å²) in [5.74, 6) is -1.48. The fourth-order valence-electron chi connectivity index (χ4n) is 2.53. The van der Waals surface area contributed by atoms with Crippen LogP contribution in [0.3, 0.4) is 0 Å². The van der Waals surface area contributed by atoms with Crippen LogP contribution in [-0.2, 0) is 9.59 Å². The van der Waals surface area contributed by atoms with E-state index in [1.165, 1.54) is 6.08 Å². The summed E-state index contributed by atoms with van der Waals surface area (Å²) in [7, 11) is 1.55. The molecule has 2 amide bonds.